The third-order valence-electron chi connectivity index (χ3n) is 3.88. The van der Waals surface area contributed by atoms with E-state index in [1.54, 1.807) is 0 Å². The van der Waals surface area contributed by atoms with Crippen LogP contribution in [0, 0.1) is 13.8 Å². The Morgan fingerprint density at radius 1 is 1.45 bits per heavy atom. The molecule has 2 unspecified atom stereocenters. The summed E-state index contributed by atoms with van der Waals surface area (Å²) >= 11 is 6.04. The smallest absolute Gasteiger partial charge is 0.323 e. The number of rotatable bonds is 3. The molecule has 0 saturated carbocycles. The predicted molar refractivity (Wildman–Crippen MR) is 77.8 cm³/mol. The second-order valence-corrected chi connectivity index (χ2v) is 5.81. The normalized spacial score (nSPS) is 23.1. The van der Waals surface area contributed by atoms with Crippen LogP contribution in [0.2, 0.25) is 5.02 Å². The van der Waals surface area contributed by atoms with E-state index in [1.807, 2.05) is 30.9 Å². The minimum atomic E-state index is -0.480. The zero-order valence-corrected chi connectivity index (χ0v) is 12.8. The molecule has 2 rings (SSSR count). The predicted octanol–water partition coefficient (Wildman–Crippen LogP) is 2.07. The van der Waals surface area contributed by atoms with Gasteiger partial charge in [-0.15, -0.1) is 0 Å². The molecule has 0 aromatic heterocycles. The van der Waals surface area contributed by atoms with Gasteiger partial charge in [0.2, 0.25) is 0 Å². The molecule has 1 fully saturated rings. The van der Waals surface area contributed by atoms with Gasteiger partial charge in [-0.3, -0.25) is 9.69 Å². The van der Waals surface area contributed by atoms with Gasteiger partial charge in [0.1, 0.15) is 6.04 Å². The summed E-state index contributed by atoms with van der Waals surface area (Å²) in [5, 5.41) is 10.5. The lowest BCUT2D eigenvalue weighted by molar-refractivity contribution is -0.146. The van der Waals surface area contributed by atoms with E-state index in [9.17, 15) is 9.90 Å². The average Bonchev–Trinajstić information content (AvgIpc) is 2.74. The Labute approximate surface area is 124 Å². The number of nitrogens with zero attached hydrogens (tertiary/aromatic N) is 1. The van der Waals surface area contributed by atoms with Crippen LogP contribution in [0.1, 0.15) is 23.1 Å². The van der Waals surface area contributed by atoms with E-state index >= 15 is 0 Å². The van der Waals surface area contributed by atoms with E-state index < -0.39 is 6.10 Å². The molecular formula is C15H20ClNO3. The first kappa shape index (κ1) is 15.3. The van der Waals surface area contributed by atoms with Gasteiger partial charge in [-0.25, -0.2) is 0 Å². The number of β-amino-alcohol motifs (C(OH)–C–C–N with tert-alkyl or cyclic N) is 1. The molecule has 110 valence electrons. The van der Waals surface area contributed by atoms with E-state index in [2.05, 4.69) is 0 Å². The highest BCUT2D eigenvalue weighted by Gasteiger charge is 2.36. The first-order chi connectivity index (χ1) is 9.42. The molecular weight excluding hydrogens is 278 g/mol. The van der Waals surface area contributed by atoms with E-state index in [-0.39, 0.29) is 12.0 Å². The summed E-state index contributed by atoms with van der Waals surface area (Å²) in [6.07, 6.45) is -0.0507. The lowest BCUT2D eigenvalue weighted by Crippen LogP contribution is -2.36. The fraction of sp³-hybridized carbons (Fsp3) is 0.533. The molecule has 0 aliphatic carbocycles. The highest BCUT2D eigenvalue weighted by molar-refractivity contribution is 6.30. The molecule has 1 aromatic carbocycles. The molecule has 0 spiro atoms. The molecule has 0 amide bonds. The van der Waals surface area contributed by atoms with Crippen molar-refractivity contribution in [1.82, 2.24) is 4.90 Å². The number of benzene rings is 1. The lowest BCUT2D eigenvalue weighted by Gasteiger charge is -2.24. The maximum atomic E-state index is 11.8. The van der Waals surface area contributed by atoms with Crippen LogP contribution in [0.3, 0.4) is 0 Å². The molecule has 1 saturated heterocycles. The fourth-order valence-electron chi connectivity index (χ4n) is 2.83. The molecule has 1 aromatic rings. The van der Waals surface area contributed by atoms with E-state index in [1.165, 1.54) is 7.11 Å². The number of hydrogen-bond acceptors (Lipinski definition) is 4. The maximum absolute atomic E-state index is 11.8. The molecule has 0 bridgehead atoms. The second kappa shape index (κ2) is 6.12. The van der Waals surface area contributed by atoms with E-state index in [4.69, 9.17) is 16.3 Å². The molecule has 1 heterocycles. The summed E-state index contributed by atoms with van der Waals surface area (Å²) in [6.45, 7) is 5.12. The molecule has 4 nitrogen and oxygen atoms in total. The minimum Gasteiger partial charge on any atom is -0.468 e. The number of likely N-dealkylation sites (tertiary alicyclic amines) is 1. The van der Waals surface area contributed by atoms with Crippen molar-refractivity contribution in [3.8, 4) is 0 Å². The summed E-state index contributed by atoms with van der Waals surface area (Å²) in [4.78, 5) is 13.8. The third-order valence-corrected chi connectivity index (χ3v) is 4.09. The Morgan fingerprint density at radius 2 is 2.05 bits per heavy atom. The second-order valence-electron chi connectivity index (χ2n) is 5.38. The van der Waals surface area contributed by atoms with E-state index in [0.717, 1.165) is 21.7 Å². The van der Waals surface area contributed by atoms with Gasteiger partial charge in [0.25, 0.3) is 0 Å². The van der Waals surface area contributed by atoms with Gasteiger partial charge in [-0.1, -0.05) is 11.6 Å². The number of methoxy groups -OCH3 is 1. The topological polar surface area (TPSA) is 49.8 Å². The quantitative estimate of drug-likeness (QED) is 0.868. The summed E-state index contributed by atoms with van der Waals surface area (Å²) in [5.41, 5.74) is 3.34. The van der Waals surface area contributed by atoms with Gasteiger partial charge < -0.3 is 9.84 Å². The number of ether oxygens (including phenoxy) is 1. The number of carbonyl (C=O) groups excluding carboxylic acids is 1. The molecule has 2 atom stereocenters. The van der Waals surface area contributed by atoms with Crippen molar-refractivity contribution in [2.24, 2.45) is 0 Å². The molecule has 1 aliphatic rings. The third kappa shape index (κ3) is 3.14. The fourth-order valence-corrected chi connectivity index (χ4v) is 3.16. The SMILES string of the molecule is COC(=O)C1CC(O)CN1Cc1c(C)cc(Cl)cc1C. The van der Waals surface area contributed by atoms with Crippen LogP contribution in [0.4, 0.5) is 0 Å². The number of aliphatic hydroxyl groups is 1. The number of aliphatic hydroxyl groups excluding tert-OH is 1. The van der Waals surface area contributed by atoms with Crippen molar-refractivity contribution in [3.05, 3.63) is 33.8 Å². The van der Waals surface area contributed by atoms with Crippen molar-refractivity contribution in [2.75, 3.05) is 13.7 Å². The van der Waals surface area contributed by atoms with Crippen molar-refractivity contribution in [2.45, 2.75) is 39.0 Å². The average molecular weight is 298 g/mol. The van der Waals surface area contributed by atoms with Crippen LogP contribution in [0.5, 0.6) is 0 Å². The Hall–Kier alpha value is -1.10. The molecule has 20 heavy (non-hydrogen) atoms. The van der Waals surface area contributed by atoms with Crippen molar-refractivity contribution in [3.63, 3.8) is 0 Å². The van der Waals surface area contributed by atoms with Crippen LogP contribution in [0.25, 0.3) is 0 Å². The lowest BCUT2D eigenvalue weighted by atomic mass is 10.0. The van der Waals surface area contributed by atoms with Crippen LogP contribution < -0.4 is 0 Å². The number of halogens is 1. The van der Waals surface area contributed by atoms with Gasteiger partial charge in [0.15, 0.2) is 0 Å². The van der Waals surface area contributed by atoms with Gasteiger partial charge in [0, 0.05) is 24.5 Å². The summed E-state index contributed by atoms with van der Waals surface area (Å²) < 4.78 is 4.82. The zero-order chi connectivity index (χ0) is 14.9. The highest BCUT2D eigenvalue weighted by atomic mass is 35.5. The molecule has 0 radical (unpaired) electrons. The largest absolute Gasteiger partial charge is 0.468 e. The van der Waals surface area contributed by atoms with Crippen LogP contribution in [0.15, 0.2) is 12.1 Å². The number of carbonyl (C=O) groups is 1. The summed E-state index contributed by atoms with van der Waals surface area (Å²) in [6, 6.07) is 3.47. The Kier molecular flexibility index (Phi) is 4.68. The van der Waals surface area contributed by atoms with Crippen molar-refractivity contribution >= 4 is 17.6 Å². The molecule has 1 N–H and O–H groups in total. The van der Waals surface area contributed by atoms with Gasteiger partial charge in [-0.2, -0.15) is 0 Å². The summed E-state index contributed by atoms with van der Waals surface area (Å²) in [7, 11) is 1.38. The number of hydrogen-bond donors (Lipinski definition) is 1. The van der Waals surface area contributed by atoms with Crippen molar-refractivity contribution < 1.29 is 14.6 Å². The van der Waals surface area contributed by atoms with Crippen LogP contribution >= 0.6 is 11.6 Å². The van der Waals surface area contributed by atoms with Crippen LogP contribution in [-0.2, 0) is 16.1 Å². The number of esters is 1. The first-order valence-electron chi connectivity index (χ1n) is 6.68. The summed E-state index contributed by atoms with van der Waals surface area (Å²) in [5.74, 6) is -0.286. The van der Waals surface area contributed by atoms with Gasteiger partial charge in [0.05, 0.1) is 13.2 Å². The zero-order valence-electron chi connectivity index (χ0n) is 12.0. The van der Waals surface area contributed by atoms with Gasteiger partial charge >= 0.3 is 5.97 Å². The van der Waals surface area contributed by atoms with Gasteiger partial charge in [-0.05, 0) is 42.7 Å². The van der Waals surface area contributed by atoms with E-state index in [0.29, 0.717) is 19.5 Å². The molecule has 5 heteroatoms. The minimum absolute atomic E-state index is 0.286. The van der Waals surface area contributed by atoms with Crippen molar-refractivity contribution in [1.29, 1.82) is 0 Å². The Bertz CT molecular complexity index is 495. The number of aryl methyl sites for hydroxylation is 2. The maximum Gasteiger partial charge on any atom is 0.323 e. The first-order valence-corrected chi connectivity index (χ1v) is 7.05. The standard InChI is InChI=1S/C15H20ClNO3/c1-9-4-11(16)5-10(2)13(9)8-17-7-12(18)6-14(17)15(19)20-3/h4-5,12,14,18H,6-8H2,1-3H3. The Balaban J connectivity index is 2.22. The Morgan fingerprint density at radius 3 is 2.60 bits per heavy atom. The molecule has 1 aliphatic heterocycles. The van der Waals surface area contributed by atoms with Crippen LogP contribution in [-0.4, -0.2) is 41.8 Å². The highest BCUT2D eigenvalue weighted by Crippen LogP contribution is 2.26. The monoisotopic (exact) mass is 297 g/mol.